The number of piperazine rings is 1. The van der Waals surface area contributed by atoms with Crippen molar-refractivity contribution in [2.75, 3.05) is 42.6 Å². The average Bonchev–Trinajstić information content (AvgIpc) is 3.73. The molecule has 240 valence electrons. The molecular formula is C34H37Cl2N7O3. The normalized spacial score (nSPS) is 15.5. The Bertz CT molecular complexity index is 1800. The third-order valence-corrected chi connectivity index (χ3v) is 9.12. The van der Waals surface area contributed by atoms with Gasteiger partial charge in [0.2, 0.25) is 0 Å². The standard InChI is InChI=1S/C34H37Cl2N7O3/c1-3-25(2)43-33(44)42(24-38-43)29-8-6-27(7-9-29)39-17-19-40(20-18-39)28-10-12-30(13-11-28)46-23-34(45,22-41-16-4-15-37-41)31-14-5-26(35)21-32(31)36/h4-16,21,24-25,45H,3,17-20,22-23H2,1-2H3. The summed E-state index contributed by atoms with van der Waals surface area (Å²) in [7, 11) is 0. The molecule has 46 heavy (non-hydrogen) atoms. The van der Waals surface area contributed by atoms with E-state index in [9.17, 15) is 9.90 Å². The van der Waals surface area contributed by atoms with Crippen molar-refractivity contribution in [3.63, 3.8) is 0 Å². The van der Waals surface area contributed by atoms with E-state index in [1.807, 2.05) is 50.2 Å². The van der Waals surface area contributed by atoms with Crippen LogP contribution in [0.2, 0.25) is 10.0 Å². The molecule has 6 rings (SSSR count). The van der Waals surface area contributed by atoms with Crippen LogP contribution in [0, 0.1) is 0 Å². The summed E-state index contributed by atoms with van der Waals surface area (Å²) in [5.74, 6) is 0.639. The van der Waals surface area contributed by atoms with Crippen LogP contribution in [-0.4, -0.2) is 62.0 Å². The largest absolute Gasteiger partial charge is 0.490 e. The SMILES string of the molecule is CCC(C)n1ncn(-c2ccc(N3CCN(c4ccc(OCC(O)(Cn5cccn5)c5ccc(Cl)cc5Cl)cc4)CC3)cc2)c1=O. The molecule has 0 saturated carbocycles. The molecule has 0 spiro atoms. The number of aliphatic hydroxyl groups is 1. The van der Waals surface area contributed by atoms with Crippen LogP contribution in [0.25, 0.3) is 5.69 Å². The van der Waals surface area contributed by atoms with Gasteiger partial charge in [0, 0.05) is 65.6 Å². The van der Waals surface area contributed by atoms with Crippen molar-refractivity contribution in [1.82, 2.24) is 24.1 Å². The molecule has 2 unspecified atom stereocenters. The molecule has 2 aromatic heterocycles. The van der Waals surface area contributed by atoms with Gasteiger partial charge < -0.3 is 19.6 Å². The van der Waals surface area contributed by atoms with E-state index >= 15 is 0 Å². The fourth-order valence-corrected chi connectivity index (χ4v) is 6.29. The number of ether oxygens (including phenoxy) is 1. The Morgan fingerprint density at radius 3 is 2.13 bits per heavy atom. The van der Waals surface area contributed by atoms with Gasteiger partial charge in [0.15, 0.2) is 0 Å². The van der Waals surface area contributed by atoms with Crippen molar-refractivity contribution in [3.8, 4) is 11.4 Å². The molecule has 2 atom stereocenters. The van der Waals surface area contributed by atoms with Gasteiger partial charge in [-0.2, -0.15) is 10.2 Å². The van der Waals surface area contributed by atoms with Crippen LogP contribution in [0.4, 0.5) is 11.4 Å². The number of rotatable bonds is 11. The van der Waals surface area contributed by atoms with Crippen molar-refractivity contribution < 1.29 is 9.84 Å². The van der Waals surface area contributed by atoms with Crippen LogP contribution in [0.1, 0.15) is 31.9 Å². The second-order valence-electron chi connectivity index (χ2n) is 11.6. The van der Waals surface area contributed by atoms with Gasteiger partial charge in [0.25, 0.3) is 0 Å². The number of hydrogen-bond donors (Lipinski definition) is 1. The topological polar surface area (TPSA) is 93.6 Å². The highest BCUT2D eigenvalue weighted by Crippen LogP contribution is 2.33. The zero-order valence-corrected chi connectivity index (χ0v) is 27.3. The Kier molecular flexibility index (Phi) is 9.39. The van der Waals surface area contributed by atoms with Gasteiger partial charge >= 0.3 is 5.69 Å². The Morgan fingerprint density at radius 1 is 0.913 bits per heavy atom. The van der Waals surface area contributed by atoms with E-state index in [1.54, 1.807) is 52.2 Å². The lowest BCUT2D eigenvalue weighted by Gasteiger charge is -2.37. The lowest BCUT2D eigenvalue weighted by Crippen LogP contribution is -2.46. The molecule has 3 aromatic carbocycles. The fraction of sp³-hybridized carbons (Fsp3) is 0.324. The van der Waals surface area contributed by atoms with Gasteiger partial charge in [-0.25, -0.2) is 14.0 Å². The molecule has 12 heteroatoms. The molecule has 0 radical (unpaired) electrons. The zero-order valence-electron chi connectivity index (χ0n) is 25.8. The predicted molar refractivity (Wildman–Crippen MR) is 182 cm³/mol. The molecular weight excluding hydrogens is 625 g/mol. The van der Waals surface area contributed by atoms with E-state index in [0.717, 1.165) is 49.7 Å². The number of halogens is 2. The quantitative estimate of drug-likeness (QED) is 0.191. The first-order chi connectivity index (χ1) is 22.2. The van der Waals surface area contributed by atoms with Gasteiger partial charge in [0.1, 0.15) is 24.3 Å². The summed E-state index contributed by atoms with van der Waals surface area (Å²) >= 11 is 12.6. The van der Waals surface area contributed by atoms with Crippen LogP contribution in [-0.2, 0) is 12.1 Å². The highest BCUT2D eigenvalue weighted by Gasteiger charge is 2.34. The summed E-state index contributed by atoms with van der Waals surface area (Å²) in [6.07, 6.45) is 5.88. The monoisotopic (exact) mass is 661 g/mol. The van der Waals surface area contributed by atoms with Gasteiger partial charge in [0.05, 0.1) is 18.3 Å². The zero-order chi connectivity index (χ0) is 32.3. The third-order valence-electron chi connectivity index (χ3n) is 8.57. The first-order valence-electron chi connectivity index (χ1n) is 15.4. The minimum atomic E-state index is -1.44. The summed E-state index contributed by atoms with van der Waals surface area (Å²) in [6, 6.07) is 22.9. The summed E-state index contributed by atoms with van der Waals surface area (Å²) in [5, 5.41) is 21.1. The Labute approximate surface area is 278 Å². The molecule has 1 aliphatic rings. The molecule has 0 bridgehead atoms. The average molecular weight is 663 g/mol. The molecule has 1 saturated heterocycles. The van der Waals surface area contributed by atoms with Crippen LogP contribution >= 0.6 is 23.2 Å². The summed E-state index contributed by atoms with van der Waals surface area (Å²) in [4.78, 5) is 17.5. The van der Waals surface area contributed by atoms with Gasteiger partial charge in [-0.05, 0) is 80.1 Å². The molecule has 10 nitrogen and oxygen atoms in total. The minimum absolute atomic E-state index is 0.0279. The Balaban J connectivity index is 1.06. The molecule has 5 aromatic rings. The van der Waals surface area contributed by atoms with Crippen molar-refractivity contribution in [2.45, 2.75) is 38.5 Å². The van der Waals surface area contributed by atoms with Gasteiger partial charge in [-0.3, -0.25) is 4.68 Å². The van der Waals surface area contributed by atoms with E-state index < -0.39 is 5.60 Å². The second kappa shape index (κ2) is 13.6. The van der Waals surface area contributed by atoms with E-state index in [2.05, 4.69) is 32.1 Å². The van der Waals surface area contributed by atoms with Crippen LogP contribution in [0.15, 0.2) is 96.3 Å². The number of nitrogens with zero attached hydrogens (tertiary/aromatic N) is 7. The molecule has 1 fully saturated rings. The van der Waals surface area contributed by atoms with Crippen molar-refractivity contribution in [1.29, 1.82) is 0 Å². The van der Waals surface area contributed by atoms with Crippen LogP contribution in [0.3, 0.4) is 0 Å². The Hall–Kier alpha value is -4.25. The lowest BCUT2D eigenvalue weighted by molar-refractivity contribution is -0.0268. The van der Waals surface area contributed by atoms with Crippen molar-refractivity contribution in [3.05, 3.63) is 118 Å². The van der Waals surface area contributed by atoms with E-state index in [0.29, 0.717) is 21.4 Å². The first-order valence-corrected chi connectivity index (χ1v) is 16.1. The smallest absolute Gasteiger partial charge is 0.350 e. The van der Waals surface area contributed by atoms with Crippen molar-refractivity contribution >= 4 is 34.6 Å². The minimum Gasteiger partial charge on any atom is -0.490 e. The van der Waals surface area contributed by atoms with Crippen LogP contribution < -0.4 is 20.2 Å². The summed E-state index contributed by atoms with van der Waals surface area (Å²) in [6.45, 7) is 7.63. The highest BCUT2D eigenvalue weighted by molar-refractivity contribution is 6.35. The summed E-state index contributed by atoms with van der Waals surface area (Å²) in [5.41, 5.74) is 1.99. The second-order valence-corrected chi connectivity index (χ2v) is 12.5. The maximum atomic E-state index is 12.8. The maximum Gasteiger partial charge on any atom is 0.350 e. The van der Waals surface area contributed by atoms with E-state index in [1.165, 1.54) is 4.68 Å². The number of hydrogen-bond acceptors (Lipinski definition) is 7. The van der Waals surface area contributed by atoms with Crippen LogP contribution in [0.5, 0.6) is 5.75 Å². The molecule has 0 amide bonds. The van der Waals surface area contributed by atoms with Gasteiger partial charge in [-0.1, -0.05) is 36.2 Å². The number of anilines is 2. The number of benzene rings is 3. The van der Waals surface area contributed by atoms with E-state index in [-0.39, 0.29) is 24.9 Å². The predicted octanol–water partition coefficient (Wildman–Crippen LogP) is 5.80. The fourth-order valence-electron chi connectivity index (χ4n) is 5.71. The first kappa shape index (κ1) is 31.7. The summed E-state index contributed by atoms with van der Waals surface area (Å²) < 4.78 is 10.9. The van der Waals surface area contributed by atoms with E-state index in [4.69, 9.17) is 27.9 Å². The third kappa shape index (κ3) is 6.79. The number of aromatic nitrogens is 5. The Morgan fingerprint density at radius 2 is 1.54 bits per heavy atom. The molecule has 1 aliphatic heterocycles. The lowest BCUT2D eigenvalue weighted by atomic mass is 9.94. The highest BCUT2D eigenvalue weighted by atomic mass is 35.5. The molecule has 0 aliphatic carbocycles. The molecule has 1 N–H and O–H groups in total. The molecule has 3 heterocycles. The van der Waals surface area contributed by atoms with Gasteiger partial charge in [-0.15, -0.1) is 0 Å². The maximum absolute atomic E-state index is 12.8. The van der Waals surface area contributed by atoms with Crippen molar-refractivity contribution in [2.24, 2.45) is 0 Å².